The number of fused-ring (bicyclic) bond motifs is 4. The van der Waals surface area contributed by atoms with Crippen LogP contribution in [0.1, 0.15) is 63.1 Å². The Hall–Kier alpha value is -2.56. The number of nitrogens with zero attached hydrogens (tertiary/aromatic N) is 4. The van der Waals surface area contributed by atoms with E-state index in [9.17, 15) is 18.3 Å². The molecule has 1 aliphatic heterocycles. The summed E-state index contributed by atoms with van der Waals surface area (Å²) in [6, 6.07) is -0.172. The number of nitrogens with one attached hydrogen (secondary N) is 2. The minimum absolute atomic E-state index is 0.0354. The molecular weight excluding hydrogens is 425 g/mol. The second-order valence-corrected chi connectivity index (χ2v) is 9.55. The number of halogens is 3. The lowest BCUT2D eigenvalue weighted by Gasteiger charge is -2.37. The second kappa shape index (κ2) is 7.50. The molecule has 3 aliphatic rings. The fraction of sp³-hybridized carbons (Fsp3) is 0.667. The molecular formula is C21H27F3N6O2. The van der Waals surface area contributed by atoms with Gasteiger partial charge in [-0.2, -0.15) is 23.3 Å². The quantitative estimate of drug-likeness (QED) is 0.647. The van der Waals surface area contributed by atoms with Crippen molar-refractivity contribution < 1.29 is 23.0 Å². The number of anilines is 3. The Balaban J connectivity index is 1.65. The van der Waals surface area contributed by atoms with Gasteiger partial charge in [-0.1, -0.05) is 6.42 Å². The van der Waals surface area contributed by atoms with Gasteiger partial charge in [0.05, 0.1) is 24.4 Å². The first-order chi connectivity index (χ1) is 15.2. The number of hydrogen-bond donors (Lipinski definition) is 3. The van der Waals surface area contributed by atoms with Crippen molar-refractivity contribution in [1.29, 1.82) is 0 Å². The lowest BCUT2D eigenvalue weighted by atomic mass is 9.80. The zero-order valence-electron chi connectivity index (χ0n) is 18.0. The molecule has 0 spiro atoms. The van der Waals surface area contributed by atoms with Crippen LogP contribution in [0.5, 0.6) is 5.88 Å². The van der Waals surface area contributed by atoms with Gasteiger partial charge in [0.1, 0.15) is 17.1 Å². The predicted molar refractivity (Wildman–Crippen MR) is 111 cm³/mol. The summed E-state index contributed by atoms with van der Waals surface area (Å²) < 4.78 is 48.6. The van der Waals surface area contributed by atoms with E-state index in [1.165, 1.54) is 0 Å². The van der Waals surface area contributed by atoms with Crippen LogP contribution in [0, 0.1) is 5.92 Å². The van der Waals surface area contributed by atoms with Crippen molar-refractivity contribution in [3.8, 4) is 5.88 Å². The van der Waals surface area contributed by atoms with E-state index in [1.54, 1.807) is 4.68 Å². The van der Waals surface area contributed by atoms with Gasteiger partial charge in [-0.25, -0.2) is 9.67 Å². The summed E-state index contributed by atoms with van der Waals surface area (Å²) in [7, 11) is 0. The maximum absolute atomic E-state index is 13.6. The summed E-state index contributed by atoms with van der Waals surface area (Å²) in [5.41, 5.74) is -0.266. The fourth-order valence-corrected chi connectivity index (χ4v) is 4.31. The number of aliphatic hydroxyl groups excluding tert-OH is 1. The second-order valence-electron chi connectivity index (χ2n) is 9.55. The molecule has 32 heavy (non-hydrogen) atoms. The van der Waals surface area contributed by atoms with E-state index in [0.717, 1.165) is 44.0 Å². The van der Waals surface area contributed by atoms with Crippen molar-refractivity contribution in [2.75, 3.05) is 23.8 Å². The van der Waals surface area contributed by atoms with Crippen LogP contribution in [0.25, 0.3) is 0 Å². The van der Waals surface area contributed by atoms with Crippen molar-refractivity contribution in [3.05, 3.63) is 17.5 Å². The third-order valence-electron chi connectivity index (χ3n) is 6.83. The predicted octanol–water partition coefficient (Wildman–Crippen LogP) is 4.01. The third-order valence-corrected chi connectivity index (χ3v) is 6.83. The SMILES string of the molecule is CC(C)(CO)n1nc(C2CCC2)c2c1OC[C@H]1CC[C@@H]1Nc1nc(ncc1C(F)(F)F)N2. The van der Waals surface area contributed by atoms with Crippen LogP contribution in [0.4, 0.5) is 30.6 Å². The molecule has 8 nitrogen and oxygen atoms in total. The van der Waals surface area contributed by atoms with E-state index < -0.39 is 17.3 Å². The molecule has 3 heterocycles. The largest absolute Gasteiger partial charge is 0.476 e. The summed E-state index contributed by atoms with van der Waals surface area (Å²) in [5.74, 6) is 0.535. The van der Waals surface area contributed by atoms with E-state index in [1.807, 2.05) is 13.8 Å². The maximum atomic E-state index is 13.6. The van der Waals surface area contributed by atoms with E-state index >= 15 is 0 Å². The molecule has 0 unspecified atom stereocenters. The zero-order valence-corrected chi connectivity index (χ0v) is 18.0. The highest BCUT2D eigenvalue weighted by molar-refractivity contribution is 5.66. The average Bonchev–Trinajstić information content (AvgIpc) is 3.01. The normalized spacial score (nSPS) is 23.3. The zero-order chi connectivity index (χ0) is 22.7. The topological polar surface area (TPSA) is 97.1 Å². The van der Waals surface area contributed by atoms with Gasteiger partial charge < -0.3 is 20.5 Å². The molecule has 3 N–H and O–H groups in total. The van der Waals surface area contributed by atoms with Gasteiger partial charge >= 0.3 is 6.18 Å². The van der Waals surface area contributed by atoms with Crippen LogP contribution >= 0.6 is 0 Å². The smallest absolute Gasteiger partial charge is 0.421 e. The van der Waals surface area contributed by atoms with Crippen LogP contribution in [-0.4, -0.2) is 44.1 Å². The summed E-state index contributed by atoms with van der Waals surface area (Å²) in [6.45, 7) is 3.90. The maximum Gasteiger partial charge on any atom is 0.421 e. The molecule has 5 rings (SSSR count). The van der Waals surface area contributed by atoms with Crippen molar-refractivity contribution in [1.82, 2.24) is 19.7 Å². The molecule has 2 saturated carbocycles. The Bertz CT molecular complexity index is 1020. The van der Waals surface area contributed by atoms with Crippen molar-refractivity contribution in [3.63, 3.8) is 0 Å². The molecule has 0 amide bonds. The average molecular weight is 452 g/mol. The molecule has 0 saturated heterocycles. The first-order valence-corrected chi connectivity index (χ1v) is 11.0. The standard InChI is InChI=1S/C21H27F3N6O2/c1-20(2,10-31)30-18-16(15(29-30)11-4-3-5-11)27-19-25-8-13(21(22,23)24)17(28-19)26-14-7-6-12(14)9-32-18/h8,11-12,14,31H,3-7,9-10H2,1-2H3,(H2,25,26,27,28)/t12-,14+/m1/s1. The van der Waals surface area contributed by atoms with Gasteiger partial charge in [-0.15, -0.1) is 0 Å². The van der Waals surface area contributed by atoms with Crippen molar-refractivity contribution in [2.45, 2.75) is 69.6 Å². The molecule has 2 aliphatic carbocycles. The van der Waals surface area contributed by atoms with Crippen LogP contribution in [-0.2, 0) is 11.7 Å². The molecule has 2 fully saturated rings. The summed E-state index contributed by atoms with van der Waals surface area (Å²) >= 11 is 0. The number of alkyl halides is 3. The number of aliphatic hydroxyl groups is 1. The molecule has 174 valence electrons. The van der Waals surface area contributed by atoms with Crippen molar-refractivity contribution >= 4 is 17.5 Å². The Kier molecular flexibility index (Phi) is 4.99. The van der Waals surface area contributed by atoms with E-state index in [-0.39, 0.29) is 36.3 Å². The van der Waals surface area contributed by atoms with Gasteiger partial charge in [0.25, 0.3) is 0 Å². The third kappa shape index (κ3) is 3.56. The summed E-state index contributed by atoms with van der Waals surface area (Å²) in [5, 5.41) is 20.9. The highest BCUT2D eigenvalue weighted by atomic mass is 19.4. The van der Waals surface area contributed by atoms with Crippen LogP contribution in [0.15, 0.2) is 6.20 Å². The van der Waals surface area contributed by atoms with Gasteiger partial charge in [0.15, 0.2) is 0 Å². The van der Waals surface area contributed by atoms with Crippen LogP contribution in [0.3, 0.4) is 0 Å². The first kappa shape index (κ1) is 21.3. The molecule has 2 aromatic rings. The van der Waals surface area contributed by atoms with Gasteiger partial charge in [0, 0.05) is 24.1 Å². The van der Waals surface area contributed by atoms with Gasteiger partial charge in [-0.3, -0.25) is 0 Å². The first-order valence-electron chi connectivity index (χ1n) is 11.0. The monoisotopic (exact) mass is 452 g/mol. The number of rotatable bonds is 3. The highest BCUT2D eigenvalue weighted by Crippen LogP contribution is 2.46. The number of ether oxygens (including phenoxy) is 1. The Morgan fingerprint density at radius 1 is 1.22 bits per heavy atom. The Morgan fingerprint density at radius 3 is 2.59 bits per heavy atom. The minimum atomic E-state index is -4.56. The van der Waals surface area contributed by atoms with E-state index in [0.29, 0.717) is 18.2 Å². The van der Waals surface area contributed by atoms with E-state index in [2.05, 4.69) is 20.6 Å². The Labute approximate surface area is 183 Å². The molecule has 11 heteroatoms. The molecule has 2 atom stereocenters. The highest BCUT2D eigenvalue weighted by Gasteiger charge is 2.40. The molecule has 2 aromatic heterocycles. The minimum Gasteiger partial charge on any atom is -0.476 e. The van der Waals surface area contributed by atoms with Gasteiger partial charge in [-0.05, 0) is 39.5 Å². The van der Waals surface area contributed by atoms with E-state index in [4.69, 9.17) is 9.84 Å². The molecule has 2 bridgehead atoms. The summed E-state index contributed by atoms with van der Waals surface area (Å²) in [6.07, 6.45) is 0.855. The lowest BCUT2D eigenvalue weighted by Crippen LogP contribution is -2.42. The molecule has 0 radical (unpaired) electrons. The molecule has 0 aromatic carbocycles. The fourth-order valence-electron chi connectivity index (χ4n) is 4.31. The van der Waals surface area contributed by atoms with Crippen LogP contribution in [0.2, 0.25) is 0 Å². The summed E-state index contributed by atoms with van der Waals surface area (Å²) in [4.78, 5) is 8.15. The van der Waals surface area contributed by atoms with Gasteiger partial charge in [0.2, 0.25) is 11.8 Å². The number of aromatic nitrogens is 4. The lowest BCUT2D eigenvalue weighted by molar-refractivity contribution is -0.137. The Morgan fingerprint density at radius 2 is 2.00 bits per heavy atom. The number of hydrogen-bond acceptors (Lipinski definition) is 7. The van der Waals surface area contributed by atoms with Crippen LogP contribution < -0.4 is 15.4 Å². The van der Waals surface area contributed by atoms with Crippen molar-refractivity contribution in [2.24, 2.45) is 5.92 Å².